The van der Waals surface area contributed by atoms with Crippen molar-refractivity contribution in [3.8, 4) is 11.5 Å². The molecule has 112 valence electrons. The van der Waals surface area contributed by atoms with Crippen LogP contribution in [0.4, 0.5) is 0 Å². The van der Waals surface area contributed by atoms with E-state index in [0.29, 0.717) is 29.3 Å². The average molecular weight is 288 g/mol. The predicted octanol–water partition coefficient (Wildman–Crippen LogP) is 1.61. The van der Waals surface area contributed by atoms with Gasteiger partial charge in [-0.3, -0.25) is 4.79 Å². The van der Waals surface area contributed by atoms with Crippen molar-refractivity contribution in [1.29, 1.82) is 0 Å². The normalized spacial score (nSPS) is 17.6. The number of fused-ring (bicyclic) bond motifs is 2. The first-order valence-electron chi connectivity index (χ1n) is 7.17. The van der Waals surface area contributed by atoms with Gasteiger partial charge >= 0.3 is 0 Å². The van der Waals surface area contributed by atoms with Crippen LogP contribution in [0.1, 0.15) is 17.7 Å². The highest BCUT2D eigenvalue weighted by Crippen LogP contribution is 2.32. The van der Waals surface area contributed by atoms with Crippen molar-refractivity contribution >= 4 is 10.9 Å². The van der Waals surface area contributed by atoms with E-state index in [2.05, 4.69) is 4.98 Å². The second-order valence-corrected chi connectivity index (χ2v) is 5.51. The Kier molecular flexibility index (Phi) is 3.59. The van der Waals surface area contributed by atoms with Crippen LogP contribution in [0.15, 0.2) is 16.9 Å². The lowest BCUT2D eigenvalue weighted by Crippen LogP contribution is -2.27. The highest BCUT2D eigenvalue weighted by molar-refractivity contribution is 5.83. The van der Waals surface area contributed by atoms with Gasteiger partial charge in [0.05, 0.1) is 19.7 Å². The van der Waals surface area contributed by atoms with Gasteiger partial charge in [-0.15, -0.1) is 0 Å². The van der Waals surface area contributed by atoms with E-state index in [4.69, 9.17) is 15.2 Å². The van der Waals surface area contributed by atoms with Crippen LogP contribution >= 0.6 is 0 Å². The molecular weight excluding hydrogens is 268 g/mol. The third-order valence-electron chi connectivity index (χ3n) is 4.32. The Balaban J connectivity index is 2.22. The molecule has 1 aromatic carbocycles. The van der Waals surface area contributed by atoms with Crippen molar-refractivity contribution in [3.63, 3.8) is 0 Å². The van der Waals surface area contributed by atoms with Crippen molar-refractivity contribution < 1.29 is 9.47 Å². The summed E-state index contributed by atoms with van der Waals surface area (Å²) in [5.41, 5.74) is 8.55. The van der Waals surface area contributed by atoms with Gasteiger partial charge in [-0.05, 0) is 37.8 Å². The molecule has 3 N–H and O–H groups in total. The van der Waals surface area contributed by atoms with Crippen LogP contribution in [-0.2, 0) is 12.8 Å². The molecule has 1 aliphatic rings. The van der Waals surface area contributed by atoms with E-state index in [1.807, 2.05) is 6.07 Å². The van der Waals surface area contributed by atoms with E-state index in [1.54, 1.807) is 20.3 Å². The molecule has 21 heavy (non-hydrogen) atoms. The third-order valence-corrected chi connectivity index (χ3v) is 4.32. The Morgan fingerprint density at radius 3 is 2.67 bits per heavy atom. The Morgan fingerprint density at radius 1 is 1.29 bits per heavy atom. The van der Waals surface area contributed by atoms with E-state index in [9.17, 15) is 4.79 Å². The number of methoxy groups -OCH3 is 2. The molecule has 5 nitrogen and oxygen atoms in total. The number of benzene rings is 1. The molecule has 0 saturated heterocycles. The molecule has 5 heteroatoms. The van der Waals surface area contributed by atoms with Gasteiger partial charge in [-0.2, -0.15) is 0 Å². The van der Waals surface area contributed by atoms with Crippen LogP contribution in [0.5, 0.6) is 11.5 Å². The second-order valence-electron chi connectivity index (χ2n) is 5.51. The maximum atomic E-state index is 12.7. The number of aromatic nitrogens is 1. The lowest BCUT2D eigenvalue weighted by atomic mass is 9.86. The zero-order valence-electron chi connectivity index (χ0n) is 12.4. The molecule has 0 amide bonds. The third kappa shape index (κ3) is 2.27. The highest BCUT2D eigenvalue weighted by Gasteiger charge is 2.22. The first-order chi connectivity index (χ1) is 10.2. The smallest absolute Gasteiger partial charge is 0.192 e. The number of hydrogen-bond donors (Lipinski definition) is 2. The number of nitrogens with two attached hydrogens (primary N) is 1. The Hall–Kier alpha value is -2.01. The van der Waals surface area contributed by atoms with Gasteiger partial charge in [-0.25, -0.2) is 0 Å². The molecule has 0 radical (unpaired) electrons. The van der Waals surface area contributed by atoms with Crippen LogP contribution in [-0.4, -0.2) is 25.7 Å². The fourth-order valence-corrected chi connectivity index (χ4v) is 3.09. The second kappa shape index (κ2) is 5.41. The maximum absolute atomic E-state index is 12.7. The summed E-state index contributed by atoms with van der Waals surface area (Å²) in [5.74, 6) is 1.64. The van der Waals surface area contributed by atoms with Crippen molar-refractivity contribution in [2.45, 2.75) is 19.3 Å². The van der Waals surface area contributed by atoms with Crippen LogP contribution in [0, 0.1) is 5.92 Å². The van der Waals surface area contributed by atoms with Gasteiger partial charge in [-0.1, -0.05) is 0 Å². The van der Waals surface area contributed by atoms with E-state index in [-0.39, 0.29) is 5.43 Å². The number of H-pyrrole nitrogens is 1. The zero-order valence-corrected chi connectivity index (χ0v) is 12.4. The summed E-state index contributed by atoms with van der Waals surface area (Å²) in [7, 11) is 3.16. The van der Waals surface area contributed by atoms with Crippen molar-refractivity contribution in [2.24, 2.45) is 11.7 Å². The van der Waals surface area contributed by atoms with E-state index >= 15 is 0 Å². The van der Waals surface area contributed by atoms with Crippen molar-refractivity contribution in [2.75, 3.05) is 20.8 Å². The summed E-state index contributed by atoms with van der Waals surface area (Å²) < 4.78 is 10.6. The Bertz CT molecular complexity index is 736. The van der Waals surface area contributed by atoms with Crippen LogP contribution in [0.3, 0.4) is 0 Å². The number of pyridine rings is 1. The molecule has 0 fully saturated rings. The maximum Gasteiger partial charge on any atom is 0.192 e. The van der Waals surface area contributed by atoms with Crippen LogP contribution in [0.25, 0.3) is 10.9 Å². The zero-order chi connectivity index (χ0) is 15.0. The molecule has 0 bridgehead atoms. The quantitative estimate of drug-likeness (QED) is 0.899. The van der Waals surface area contributed by atoms with E-state index in [0.717, 1.165) is 36.0 Å². The number of hydrogen-bond acceptors (Lipinski definition) is 4. The first kappa shape index (κ1) is 13.9. The summed E-state index contributed by atoms with van der Waals surface area (Å²) in [6.07, 6.45) is 2.60. The van der Waals surface area contributed by atoms with Crippen LogP contribution < -0.4 is 20.6 Å². The molecule has 0 saturated carbocycles. The minimum atomic E-state index is 0.0928. The molecular formula is C16H20N2O3. The SMILES string of the molecule is COc1cc2[nH]c3c(c(=O)c2cc1OC)CCC(CN)C3. The Labute approximate surface area is 123 Å². The van der Waals surface area contributed by atoms with Gasteiger partial charge in [0.2, 0.25) is 0 Å². The summed E-state index contributed by atoms with van der Waals surface area (Å²) in [4.78, 5) is 16.1. The van der Waals surface area contributed by atoms with Crippen molar-refractivity contribution in [1.82, 2.24) is 4.98 Å². The molecule has 3 rings (SSSR count). The van der Waals surface area contributed by atoms with E-state index in [1.165, 1.54) is 0 Å². The highest BCUT2D eigenvalue weighted by atomic mass is 16.5. The first-order valence-corrected chi connectivity index (χ1v) is 7.17. The number of nitrogens with one attached hydrogen (secondary N) is 1. The lowest BCUT2D eigenvalue weighted by Gasteiger charge is -2.23. The van der Waals surface area contributed by atoms with Crippen LogP contribution in [0.2, 0.25) is 0 Å². The fourth-order valence-electron chi connectivity index (χ4n) is 3.09. The summed E-state index contributed by atoms with van der Waals surface area (Å²) in [6, 6.07) is 3.57. The molecule has 2 aromatic rings. The van der Waals surface area contributed by atoms with Gasteiger partial charge < -0.3 is 20.2 Å². The molecule has 1 atom stereocenters. The van der Waals surface area contributed by atoms with E-state index < -0.39 is 0 Å². The number of ether oxygens (including phenoxy) is 2. The predicted molar refractivity (Wildman–Crippen MR) is 82.2 cm³/mol. The molecule has 1 unspecified atom stereocenters. The number of aromatic amines is 1. The molecule has 1 heterocycles. The van der Waals surface area contributed by atoms with Gasteiger partial charge in [0.1, 0.15) is 0 Å². The summed E-state index contributed by atoms with van der Waals surface area (Å²) in [6.45, 7) is 0.658. The molecule has 0 spiro atoms. The van der Waals surface area contributed by atoms with Gasteiger partial charge in [0.15, 0.2) is 16.9 Å². The van der Waals surface area contributed by atoms with Gasteiger partial charge in [0.25, 0.3) is 0 Å². The van der Waals surface area contributed by atoms with Gasteiger partial charge in [0, 0.05) is 22.7 Å². The minimum absolute atomic E-state index is 0.0928. The summed E-state index contributed by atoms with van der Waals surface area (Å²) >= 11 is 0. The monoisotopic (exact) mass is 288 g/mol. The number of rotatable bonds is 3. The summed E-state index contributed by atoms with van der Waals surface area (Å²) in [5, 5.41) is 0.651. The largest absolute Gasteiger partial charge is 0.493 e. The Morgan fingerprint density at radius 2 is 2.00 bits per heavy atom. The molecule has 0 aliphatic heterocycles. The average Bonchev–Trinajstić information content (AvgIpc) is 2.53. The standard InChI is InChI=1S/C16H20N2O3/c1-20-14-6-11-13(7-15(14)21-2)18-12-5-9(8-17)3-4-10(12)16(11)19/h6-7,9H,3-5,8,17H2,1-2H3,(H,18,19). The molecule has 1 aromatic heterocycles. The lowest BCUT2D eigenvalue weighted by molar-refractivity contribution is 0.355. The topological polar surface area (TPSA) is 77.3 Å². The minimum Gasteiger partial charge on any atom is -0.493 e. The fraction of sp³-hybridized carbons (Fsp3) is 0.438. The molecule has 1 aliphatic carbocycles. The van der Waals surface area contributed by atoms with Crippen molar-refractivity contribution in [3.05, 3.63) is 33.6 Å².